The zero-order chi connectivity index (χ0) is 22.8. The van der Waals surface area contributed by atoms with Crippen molar-refractivity contribution in [1.82, 2.24) is 4.98 Å². The van der Waals surface area contributed by atoms with E-state index in [0.29, 0.717) is 18.5 Å². The molecule has 8 heteroatoms. The Morgan fingerprint density at radius 3 is 2.29 bits per heavy atom. The minimum atomic E-state index is -1.05. The number of aryl methyl sites for hydroxylation is 3. The Morgan fingerprint density at radius 1 is 1.03 bits per heavy atom. The third kappa shape index (κ3) is 7.69. The van der Waals surface area contributed by atoms with Crippen LogP contribution in [0.3, 0.4) is 0 Å². The average molecular weight is 421 g/mol. The van der Waals surface area contributed by atoms with E-state index in [1.165, 1.54) is 23.9 Å². The van der Waals surface area contributed by atoms with Gasteiger partial charge in [-0.05, 0) is 44.0 Å². The first-order valence-corrected chi connectivity index (χ1v) is 9.51. The zero-order valence-electron chi connectivity index (χ0n) is 17.2. The van der Waals surface area contributed by atoms with Gasteiger partial charge in [0, 0.05) is 18.2 Å². The summed E-state index contributed by atoms with van der Waals surface area (Å²) in [7, 11) is 0. The number of aromatic nitrogens is 1. The van der Waals surface area contributed by atoms with Gasteiger partial charge >= 0.3 is 5.97 Å². The van der Waals surface area contributed by atoms with E-state index in [9.17, 15) is 19.7 Å². The van der Waals surface area contributed by atoms with Crippen molar-refractivity contribution in [3.8, 4) is 0 Å². The van der Waals surface area contributed by atoms with Gasteiger partial charge in [-0.2, -0.15) is 0 Å². The highest BCUT2D eigenvalue weighted by atomic mass is 16.6. The number of pyridine rings is 1. The molecule has 2 aromatic carbocycles. The largest absolute Gasteiger partial charge is 0.478 e. The van der Waals surface area contributed by atoms with Crippen LogP contribution in [0.25, 0.3) is 0 Å². The van der Waals surface area contributed by atoms with E-state index in [0.717, 1.165) is 11.3 Å². The van der Waals surface area contributed by atoms with E-state index in [-0.39, 0.29) is 17.2 Å². The first-order valence-electron chi connectivity index (χ1n) is 9.51. The van der Waals surface area contributed by atoms with Crippen LogP contribution in [0.2, 0.25) is 0 Å². The number of hydrogen-bond donors (Lipinski definition) is 2. The lowest BCUT2D eigenvalue weighted by Crippen LogP contribution is -2.15. The fourth-order valence-corrected chi connectivity index (χ4v) is 2.57. The van der Waals surface area contributed by atoms with Crippen LogP contribution < -0.4 is 5.32 Å². The molecule has 3 aromatic rings. The Kier molecular flexibility index (Phi) is 8.39. The highest BCUT2D eigenvalue weighted by Gasteiger charge is 2.11. The number of amides is 1. The summed E-state index contributed by atoms with van der Waals surface area (Å²) in [6.45, 7) is 3.79. The number of nitro groups is 1. The number of aromatic carboxylic acids is 1. The maximum absolute atomic E-state index is 11.9. The van der Waals surface area contributed by atoms with Gasteiger partial charge in [0.05, 0.1) is 16.2 Å². The molecule has 1 aromatic heterocycles. The maximum atomic E-state index is 11.9. The molecule has 2 N–H and O–H groups in total. The molecule has 1 amide bonds. The van der Waals surface area contributed by atoms with Crippen molar-refractivity contribution in [1.29, 1.82) is 0 Å². The highest BCUT2D eigenvalue weighted by Crippen LogP contribution is 2.15. The summed E-state index contributed by atoms with van der Waals surface area (Å²) in [5, 5.41) is 21.8. The highest BCUT2D eigenvalue weighted by molar-refractivity contribution is 6.00. The molecule has 0 aliphatic carbocycles. The maximum Gasteiger partial charge on any atom is 0.337 e. The van der Waals surface area contributed by atoms with Gasteiger partial charge in [-0.3, -0.25) is 19.9 Å². The summed E-state index contributed by atoms with van der Waals surface area (Å²) in [6.07, 6.45) is 2.19. The molecule has 0 saturated heterocycles. The molecule has 8 nitrogen and oxygen atoms in total. The number of carboxylic acids is 1. The number of para-hydroxylation sites is 1. The number of carboxylic acid groups (broad SMARTS) is 1. The number of benzene rings is 2. The van der Waals surface area contributed by atoms with Crippen molar-refractivity contribution < 1.29 is 19.6 Å². The van der Waals surface area contributed by atoms with Crippen molar-refractivity contribution >= 4 is 23.3 Å². The molecule has 0 saturated carbocycles. The van der Waals surface area contributed by atoms with Gasteiger partial charge in [-0.1, -0.05) is 42.0 Å². The van der Waals surface area contributed by atoms with Crippen molar-refractivity contribution in [2.24, 2.45) is 0 Å². The summed E-state index contributed by atoms with van der Waals surface area (Å²) >= 11 is 0. The van der Waals surface area contributed by atoms with E-state index in [1.807, 2.05) is 31.2 Å². The first-order chi connectivity index (χ1) is 14.8. The molecule has 0 aliphatic rings. The lowest BCUT2D eigenvalue weighted by Gasteiger charge is -2.08. The van der Waals surface area contributed by atoms with Gasteiger partial charge in [0.15, 0.2) is 0 Å². The third-order valence-corrected chi connectivity index (χ3v) is 4.30. The van der Waals surface area contributed by atoms with Crippen LogP contribution in [-0.2, 0) is 11.2 Å². The number of nitrogens with one attached hydrogen (secondary N) is 1. The van der Waals surface area contributed by atoms with E-state index >= 15 is 0 Å². The molecule has 0 unspecified atom stereocenters. The number of carbonyl (C=O) groups excluding carboxylic acids is 1. The molecule has 3 rings (SSSR count). The average Bonchev–Trinajstić information content (AvgIpc) is 2.74. The third-order valence-electron chi connectivity index (χ3n) is 4.30. The standard InChI is InChI=1S/C17H17NO3.C6H6N2O2/c1-12-6-8-13(9-7-12)10-11-16(19)18-15-5-3-2-4-14(15)17(20)21;1-5-2-3-6(4-7-5)8(9)10/h2-9H,10-11H2,1H3,(H,18,19)(H,20,21);2-4H,1H3. The van der Waals surface area contributed by atoms with Gasteiger partial charge in [-0.15, -0.1) is 0 Å². The van der Waals surface area contributed by atoms with E-state index < -0.39 is 10.9 Å². The molecule has 31 heavy (non-hydrogen) atoms. The Morgan fingerprint density at radius 2 is 1.71 bits per heavy atom. The molecule has 1 heterocycles. The second-order valence-corrected chi connectivity index (χ2v) is 6.80. The Labute approximate surface area is 179 Å². The zero-order valence-corrected chi connectivity index (χ0v) is 17.2. The van der Waals surface area contributed by atoms with Crippen molar-refractivity contribution in [3.63, 3.8) is 0 Å². The van der Waals surface area contributed by atoms with E-state index in [1.54, 1.807) is 31.2 Å². The number of carbonyl (C=O) groups is 2. The van der Waals surface area contributed by atoms with Gasteiger partial charge in [0.25, 0.3) is 5.69 Å². The second-order valence-electron chi connectivity index (χ2n) is 6.80. The number of anilines is 1. The molecule has 160 valence electrons. The van der Waals surface area contributed by atoms with Gasteiger partial charge in [0.1, 0.15) is 6.20 Å². The lowest BCUT2D eigenvalue weighted by molar-refractivity contribution is -0.385. The Hall–Kier alpha value is -4.07. The second kappa shape index (κ2) is 11.2. The summed E-state index contributed by atoms with van der Waals surface area (Å²) < 4.78 is 0. The SMILES string of the molecule is Cc1ccc(CCC(=O)Nc2ccccc2C(=O)O)cc1.Cc1ccc([N+](=O)[O-])cn1. The van der Waals surface area contributed by atoms with Crippen LogP contribution in [0.15, 0.2) is 66.9 Å². The van der Waals surface area contributed by atoms with Crippen molar-refractivity contribution in [2.75, 3.05) is 5.32 Å². The van der Waals surface area contributed by atoms with Gasteiger partial charge < -0.3 is 10.4 Å². The molecular formula is C23H23N3O5. The minimum Gasteiger partial charge on any atom is -0.478 e. The van der Waals surface area contributed by atoms with Crippen LogP contribution in [0, 0.1) is 24.0 Å². The molecule has 0 aliphatic heterocycles. The van der Waals surface area contributed by atoms with Crippen LogP contribution >= 0.6 is 0 Å². The summed E-state index contributed by atoms with van der Waals surface area (Å²) in [6, 6.07) is 17.4. The quantitative estimate of drug-likeness (QED) is 0.444. The molecule has 0 fully saturated rings. The number of nitrogens with zero attached hydrogens (tertiary/aromatic N) is 2. The summed E-state index contributed by atoms with van der Waals surface area (Å²) in [4.78, 5) is 36.4. The van der Waals surface area contributed by atoms with Gasteiger partial charge in [-0.25, -0.2) is 4.79 Å². The minimum absolute atomic E-state index is 0.0330. The van der Waals surface area contributed by atoms with E-state index in [4.69, 9.17) is 5.11 Å². The predicted octanol–water partition coefficient (Wildman–Crippen LogP) is 4.56. The fraction of sp³-hybridized carbons (Fsp3) is 0.174. The number of hydrogen-bond acceptors (Lipinski definition) is 5. The van der Waals surface area contributed by atoms with Crippen LogP contribution in [0.4, 0.5) is 11.4 Å². The molecule has 0 spiro atoms. The Bertz CT molecular complexity index is 1050. The van der Waals surface area contributed by atoms with Crippen LogP contribution in [0.5, 0.6) is 0 Å². The van der Waals surface area contributed by atoms with Crippen molar-refractivity contribution in [3.05, 3.63) is 99.4 Å². The topological polar surface area (TPSA) is 122 Å². The molecule has 0 radical (unpaired) electrons. The first kappa shape index (κ1) is 23.2. The van der Waals surface area contributed by atoms with Gasteiger partial charge in [0.2, 0.25) is 5.91 Å². The summed E-state index contributed by atoms with van der Waals surface area (Å²) in [5.41, 5.74) is 3.51. The number of rotatable bonds is 6. The van der Waals surface area contributed by atoms with Crippen LogP contribution in [-0.4, -0.2) is 26.9 Å². The smallest absolute Gasteiger partial charge is 0.337 e. The lowest BCUT2D eigenvalue weighted by atomic mass is 10.1. The predicted molar refractivity (Wildman–Crippen MR) is 117 cm³/mol. The van der Waals surface area contributed by atoms with Crippen molar-refractivity contribution in [2.45, 2.75) is 26.7 Å². The fourth-order valence-electron chi connectivity index (χ4n) is 2.57. The summed E-state index contributed by atoms with van der Waals surface area (Å²) in [5.74, 6) is -1.24. The normalized spacial score (nSPS) is 9.87. The molecular weight excluding hydrogens is 398 g/mol. The van der Waals surface area contributed by atoms with Crippen LogP contribution in [0.1, 0.15) is 33.6 Å². The Balaban J connectivity index is 0.000000285. The molecule has 0 atom stereocenters. The molecule has 0 bridgehead atoms. The van der Waals surface area contributed by atoms with E-state index in [2.05, 4.69) is 10.3 Å². The monoisotopic (exact) mass is 421 g/mol.